The van der Waals surface area contributed by atoms with Gasteiger partial charge in [0.05, 0.1) is 20.3 Å². The fraction of sp³-hybridized carbons (Fsp3) is 0.250. The second-order valence-electron chi connectivity index (χ2n) is 5.04. The maximum Gasteiger partial charge on any atom is 0.290 e. The zero-order valence-electron chi connectivity index (χ0n) is 11.9. The summed E-state index contributed by atoms with van der Waals surface area (Å²) in [6, 6.07) is 14.2. The monoisotopic (exact) mass is 268 g/mol. The molecule has 1 aromatic carbocycles. The highest BCUT2D eigenvalue weighted by atomic mass is 15.1. The van der Waals surface area contributed by atoms with Crippen LogP contribution in [0.25, 0.3) is 11.1 Å². The third-order valence-electron chi connectivity index (χ3n) is 3.10. The van der Waals surface area contributed by atoms with E-state index in [1.54, 1.807) is 0 Å². The Hall–Kier alpha value is -2.38. The number of hydrogen-bond donors (Lipinski definition) is 2. The molecule has 0 saturated heterocycles. The quantitative estimate of drug-likeness (QED) is 0.834. The summed E-state index contributed by atoms with van der Waals surface area (Å²) in [5.41, 5.74) is 2.76. The normalized spacial score (nSPS) is 10.3. The van der Waals surface area contributed by atoms with E-state index in [2.05, 4.69) is 30.5 Å². The summed E-state index contributed by atoms with van der Waals surface area (Å²) in [6.45, 7) is 1.83. The molecular formula is C16H20N4+2. The zero-order valence-corrected chi connectivity index (χ0v) is 11.9. The number of nitriles is 1. The summed E-state index contributed by atoms with van der Waals surface area (Å²) in [6.07, 6.45) is 1.93. The first kappa shape index (κ1) is 14.0. The number of benzene rings is 1. The van der Waals surface area contributed by atoms with Gasteiger partial charge in [0.1, 0.15) is 24.7 Å². The Bertz CT molecular complexity index is 600. The van der Waals surface area contributed by atoms with E-state index in [4.69, 9.17) is 0 Å². The SMILES string of the molecule is C[NH+](C)CCNc1[nH+]cc(-c2ccccc2)cc1C#N. The molecule has 0 atom stereocenters. The molecule has 0 aliphatic rings. The molecule has 0 spiro atoms. The van der Waals surface area contributed by atoms with Gasteiger partial charge in [-0.25, -0.2) is 4.98 Å². The van der Waals surface area contributed by atoms with E-state index >= 15 is 0 Å². The van der Waals surface area contributed by atoms with E-state index in [1.807, 2.05) is 42.6 Å². The van der Waals surface area contributed by atoms with Gasteiger partial charge < -0.3 is 4.90 Å². The van der Waals surface area contributed by atoms with E-state index in [1.165, 1.54) is 4.90 Å². The third-order valence-corrected chi connectivity index (χ3v) is 3.10. The molecule has 0 bridgehead atoms. The van der Waals surface area contributed by atoms with Crippen molar-refractivity contribution >= 4 is 5.82 Å². The number of likely N-dealkylation sites (N-methyl/N-ethyl adjacent to an activating group) is 1. The predicted molar refractivity (Wildman–Crippen MR) is 79.3 cm³/mol. The van der Waals surface area contributed by atoms with Crippen LogP contribution in [0.4, 0.5) is 5.82 Å². The average molecular weight is 268 g/mol. The van der Waals surface area contributed by atoms with Crippen LogP contribution in [0.3, 0.4) is 0 Å². The minimum absolute atomic E-state index is 0.639. The maximum absolute atomic E-state index is 9.28. The molecule has 0 amide bonds. The van der Waals surface area contributed by atoms with Gasteiger partial charge in [0.25, 0.3) is 5.82 Å². The number of H-pyrrole nitrogens is 1. The number of aromatic amines is 1. The number of pyridine rings is 1. The topological polar surface area (TPSA) is 54.4 Å². The van der Waals surface area contributed by atoms with Gasteiger partial charge in [-0.2, -0.15) is 5.26 Å². The lowest BCUT2D eigenvalue weighted by atomic mass is 10.1. The summed E-state index contributed by atoms with van der Waals surface area (Å²) in [7, 11) is 4.21. The van der Waals surface area contributed by atoms with Gasteiger partial charge >= 0.3 is 0 Å². The zero-order chi connectivity index (χ0) is 14.4. The van der Waals surface area contributed by atoms with Crippen molar-refractivity contribution in [3.63, 3.8) is 0 Å². The van der Waals surface area contributed by atoms with Crippen LogP contribution in [0.1, 0.15) is 5.56 Å². The Morgan fingerprint density at radius 2 is 1.95 bits per heavy atom. The summed E-state index contributed by atoms with van der Waals surface area (Å²) in [4.78, 5) is 4.56. The Morgan fingerprint density at radius 3 is 2.60 bits per heavy atom. The Labute approximate surface area is 119 Å². The molecule has 0 radical (unpaired) electrons. The van der Waals surface area contributed by atoms with Crippen molar-refractivity contribution in [1.29, 1.82) is 5.26 Å². The smallest absolute Gasteiger partial charge is 0.290 e. The summed E-state index contributed by atoms with van der Waals surface area (Å²) >= 11 is 0. The summed E-state index contributed by atoms with van der Waals surface area (Å²) in [5.74, 6) is 0.786. The number of nitrogens with zero attached hydrogens (tertiary/aromatic N) is 1. The predicted octanol–water partition coefficient (Wildman–Crippen LogP) is 0.596. The number of anilines is 1. The van der Waals surface area contributed by atoms with Gasteiger partial charge in [-0.3, -0.25) is 5.32 Å². The van der Waals surface area contributed by atoms with Crippen LogP contribution in [-0.2, 0) is 0 Å². The molecule has 0 aliphatic carbocycles. The first-order chi connectivity index (χ1) is 9.70. The molecule has 4 heteroatoms. The molecule has 0 fully saturated rings. The lowest BCUT2D eigenvalue weighted by Crippen LogP contribution is -3.06. The lowest BCUT2D eigenvalue weighted by Gasteiger charge is -2.06. The van der Waals surface area contributed by atoms with Crippen molar-refractivity contribution in [3.8, 4) is 17.2 Å². The van der Waals surface area contributed by atoms with Crippen LogP contribution in [-0.4, -0.2) is 27.2 Å². The molecule has 0 saturated carbocycles. The lowest BCUT2D eigenvalue weighted by molar-refractivity contribution is -0.856. The Kier molecular flexibility index (Phi) is 4.70. The van der Waals surface area contributed by atoms with Crippen LogP contribution in [0.2, 0.25) is 0 Å². The number of rotatable bonds is 5. The highest BCUT2D eigenvalue weighted by molar-refractivity contribution is 5.65. The van der Waals surface area contributed by atoms with Gasteiger partial charge in [-0.15, -0.1) is 0 Å². The van der Waals surface area contributed by atoms with E-state index in [0.717, 1.165) is 30.0 Å². The molecule has 2 rings (SSSR count). The fourth-order valence-electron chi connectivity index (χ4n) is 1.97. The minimum Gasteiger partial charge on any atom is -0.337 e. The van der Waals surface area contributed by atoms with Crippen molar-refractivity contribution in [2.24, 2.45) is 0 Å². The second kappa shape index (κ2) is 6.69. The number of nitrogens with one attached hydrogen (secondary N) is 3. The molecule has 102 valence electrons. The first-order valence-corrected chi connectivity index (χ1v) is 6.75. The molecular weight excluding hydrogens is 248 g/mol. The van der Waals surface area contributed by atoms with E-state index < -0.39 is 0 Å². The summed E-state index contributed by atoms with van der Waals surface area (Å²) < 4.78 is 0. The number of aromatic nitrogens is 1. The van der Waals surface area contributed by atoms with Crippen molar-refractivity contribution in [3.05, 3.63) is 48.2 Å². The number of hydrogen-bond acceptors (Lipinski definition) is 2. The van der Waals surface area contributed by atoms with E-state index in [-0.39, 0.29) is 0 Å². The molecule has 1 aromatic heterocycles. The van der Waals surface area contributed by atoms with Crippen molar-refractivity contribution in [2.45, 2.75) is 0 Å². The molecule has 4 nitrogen and oxygen atoms in total. The van der Waals surface area contributed by atoms with Crippen molar-refractivity contribution < 1.29 is 9.88 Å². The van der Waals surface area contributed by atoms with E-state index in [9.17, 15) is 5.26 Å². The third kappa shape index (κ3) is 3.56. The van der Waals surface area contributed by atoms with Crippen LogP contribution >= 0.6 is 0 Å². The van der Waals surface area contributed by atoms with Crippen LogP contribution in [0, 0.1) is 11.3 Å². The molecule has 1 heterocycles. The van der Waals surface area contributed by atoms with Gasteiger partial charge in [0, 0.05) is 5.56 Å². The standard InChI is InChI=1S/C16H18N4/c1-20(2)9-8-18-16-14(11-17)10-15(12-19-16)13-6-4-3-5-7-13/h3-7,10,12H,8-9H2,1-2H3,(H,18,19)/p+2. The highest BCUT2D eigenvalue weighted by Gasteiger charge is 2.12. The number of quaternary nitrogens is 1. The molecule has 3 N–H and O–H groups in total. The van der Waals surface area contributed by atoms with Crippen LogP contribution in [0.5, 0.6) is 0 Å². The van der Waals surface area contributed by atoms with Crippen LogP contribution in [0.15, 0.2) is 42.6 Å². The van der Waals surface area contributed by atoms with E-state index in [0.29, 0.717) is 5.56 Å². The largest absolute Gasteiger partial charge is 0.337 e. The summed E-state index contributed by atoms with van der Waals surface area (Å²) in [5, 5.41) is 12.6. The Morgan fingerprint density at radius 1 is 1.20 bits per heavy atom. The van der Waals surface area contributed by atoms with Gasteiger partial charge in [0.2, 0.25) is 0 Å². The van der Waals surface area contributed by atoms with Crippen molar-refractivity contribution in [1.82, 2.24) is 0 Å². The van der Waals surface area contributed by atoms with Gasteiger partial charge in [-0.1, -0.05) is 30.3 Å². The maximum atomic E-state index is 9.28. The second-order valence-corrected chi connectivity index (χ2v) is 5.04. The van der Waals surface area contributed by atoms with Crippen LogP contribution < -0.4 is 15.2 Å². The molecule has 20 heavy (non-hydrogen) atoms. The fourth-order valence-corrected chi connectivity index (χ4v) is 1.97. The minimum atomic E-state index is 0.639. The van der Waals surface area contributed by atoms with Gasteiger partial charge in [-0.05, 0) is 11.6 Å². The molecule has 0 aliphatic heterocycles. The first-order valence-electron chi connectivity index (χ1n) is 6.75. The van der Waals surface area contributed by atoms with Gasteiger partial charge in [0.15, 0.2) is 0 Å². The van der Waals surface area contributed by atoms with Crippen molar-refractivity contribution in [2.75, 3.05) is 32.5 Å². The average Bonchev–Trinajstić information content (AvgIpc) is 2.48. The molecule has 0 unspecified atom stereocenters. The highest BCUT2D eigenvalue weighted by Crippen LogP contribution is 2.20. The Balaban J connectivity index is 2.19. The molecule has 2 aromatic rings.